The fraction of sp³-hybridized carbons (Fsp3) is 0.455. The number of esters is 1. The Labute approximate surface area is 105 Å². The van der Waals surface area contributed by atoms with E-state index in [2.05, 4.69) is 20.0 Å². The molecule has 0 atom stereocenters. The zero-order chi connectivity index (χ0) is 13.5. The number of nitrogens with one attached hydrogen (secondary N) is 1. The van der Waals surface area contributed by atoms with Crippen molar-refractivity contribution in [3.05, 3.63) is 18.1 Å². The number of ether oxygens (including phenoxy) is 1. The van der Waals surface area contributed by atoms with Crippen LogP contribution in [-0.2, 0) is 9.53 Å². The van der Waals surface area contributed by atoms with Crippen molar-refractivity contribution >= 4 is 17.7 Å². The Kier molecular flexibility index (Phi) is 5.04. The molecule has 0 aromatic carbocycles. The first kappa shape index (κ1) is 13.9. The van der Waals surface area contributed by atoms with E-state index in [0.717, 1.165) is 0 Å². The minimum absolute atomic E-state index is 0.109. The van der Waals surface area contributed by atoms with E-state index in [4.69, 9.17) is 0 Å². The van der Waals surface area contributed by atoms with Gasteiger partial charge in [-0.3, -0.25) is 9.78 Å². The van der Waals surface area contributed by atoms with E-state index in [1.807, 2.05) is 6.92 Å². The van der Waals surface area contributed by atoms with E-state index in [1.165, 1.54) is 19.5 Å². The Morgan fingerprint density at radius 1 is 1.44 bits per heavy atom. The lowest BCUT2D eigenvalue weighted by molar-refractivity contribution is -0.119. The summed E-state index contributed by atoms with van der Waals surface area (Å²) in [5.74, 6) is -0.245. The molecule has 1 rings (SSSR count). The first-order valence-electron chi connectivity index (χ1n) is 5.46. The third-order valence-electron chi connectivity index (χ3n) is 2.16. The second-order valence-corrected chi connectivity index (χ2v) is 3.56. The zero-order valence-electron chi connectivity index (χ0n) is 10.6. The van der Waals surface area contributed by atoms with Crippen molar-refractivity contribution in [3.63, 3.8) is 0 Å². The minimum Gasteiger partial charge on any atom is -0.464 e. The molecule has 1 N–H and O–H groups in total. The Bertz CT molecular complexity index is 436. The molecule has 0 saturated carbocycles. The number of hydrogen-bond donors (Lipinski definition) is 1. The second kappa shape index (κ2) is 6.53. The number of nitrogens with zero attached hydrogens (tertiary/aromatic N) is 3. The Morgan fingerprint density at radius 2 is 2.17 bits per heavy atom. The molecule has 18 heavy (non-hydrogen) atoms. The smallest absolute Gasteiger partial charge is 0.358 e. The van der Waals surface area contributed by atoms with Crippen LogP contribution in [0.2, 0.25) is 0 Å². The van der Waals surface area contributed by atoms with Gasteiger partial charge in [0, 0.05) is 13.6 Å². The number of carbonyl (C=O) groups excluding carboxylic acids is 2. The highest BCUT2D eigenvalue weighted by Crippen LogP contribution is 2.07. The third kappa shape index (κ3) is 3.69. The van der Waals surface area contributed by atoms with E-state index in [9.17, 15) is 9.59 Å². The van der Waals surface area contributed by atoms with Crippen LogP contribution >= 0.6 is 0 Å². The van der Waals surface area contributed by atoms with Crippen LogP contribution in [0.5, 0.6) is 0 Å². The summed E-state index contributed by atoms with van der Waals surface area (Å²) in [6.07, 6.45) is 2.79. The van der Waals surface area contributed by atoms with E-state index >= 15 is 0 Å². The quantitative estimate of drug-likeness (QED) is 0.733. The summed E-state index contributed by atoms with van der Waals surface area (Å²) < 4.78 is 4.55. The lowest BCUT2D eigenvalue weighted by Crippen LogP contribution is -2.35. The van der Waals surface area contributed by atoms with Crippen LogP contribution in [0.3, 0.4) is 0 Å². The molecule has 7 heteroatoms. The molecule has 0 aliphatic heterocycles. The maximum absolute atomic E-state index is 11.4. The second-order valence-electron chi connectivity index (χ2n) is 3.56. The van der Waals surface area contributed by atoms with Crippen LogP contribution in [0.1, 0.15) is 17.4 Å². The number of rotatable bonds is 5. The summed E-state index contributed by atoms with van der Waals surface area (Å²) in [4.78, 5) is 32.3. The van der Waals surface area contributed by atoms with Gasteiger partial charge in [-0.1, -0.05) is 0 Å². The van der Waals surface area contributed by atoms with Crippen molar-refractivity contribution in [2.75, 3.05) is 32.1 Å². The van der Waals surface area contributed by atoms with Crippen molar-refractivity contribution in [2.45, 2.75) is 6.92 Å². The Balaban J connectivity index is 2.76. The molecule has 1 aromatic heterocycles. The summed E-state index contributed by atoms with van der Waals surface area (Å²) >= 11 is 0. The van der Waals surface area contributed by atoms with Crippen LogP contribution < -0.4 is 10.2 Å². The Morgan fingerprint density at radius 3 is 2.78 bits per heavy atom. The molecule has 98 valence electrons. The molecule has 0 aliphatic carbocycles. The van der Waals surface area contributed by atoms with Crippen molar-refractivity contribution in [1.82, 2.24) is 15.3 Å². The van der Waals surface area contributed by atoms with Crippen molar-refractivity contribution in [2.24, 2.45) is 0 Å². The average molecular weight is 252 g/mol. The van der Waals surface area contributed by atoms with Crippen molar-refractivity contribution in [3.8, 4) is 0 Å². The van der Waals surface area contributed by atoms with Gasteiger partial charge < -0.3 is 15.0 Å². The third-order valence-corrected chi connectivity index (χ3v) is 2.16. The van der Waals surface area contributed by atoms with Gasteiger partial charge in [0.1, 0.15) is 5.82 Å². The van der Waals surface area contributed by atoms with Gasteiger partial charge in [-0.2, -0.15) is 0 Å². The van der Waals surface area contributed by atoms with Gasteiger partial charge in [0.15, 0.2) is 5.69 Å². The molecule has 0 spiro atoms. The van der Waals surface area contributed by atoms with E-state index in [-0.39, 0.29) is 18.1 Å². The normalized spacial score (nSPS) is 9.72. The largest absolute Gasteiger partial charge is 0.464 e. The number of aromatic nitrogens is 2. The lowest BCUT2D eigenvalue weighted by Gasteiger charge is -2.17. The summed E-state index contributed by atoms with van der Waals surface area (Å²) in [6.45, 7) is 2.56. The predicted molar refractivity (Wildman–Crippen MR) is 65.3 cm³/mol. The number of carbonyl (C=O) groups is 2. The summed E-state index contributed by atoms with van der Waals surface area (Å²) in [6, 6.07) is 0. The molecular formula is C11H16N4O3. The monoisotopic (exact) mass is 252 g/mol. The van der Waals surface area contributed by atoms with Gasteiger partial charge in [0.2, 0.25) is 5.91 Å². The summed E-state index contributed by atoms with van der Waals surface area (Å²) in [5.41, 5.74) is 0.109. The molecule has 1 amide bonds. The molecule has 7 nitrogen and oxygen atoms in total. The molecule has 0 saturated heterocycles. The lowest BCUT2D eigenvalue weighted by atomic mass is 10.4. The summed E-state index contributed by atoms with van der Waals surface area (Å²) in [7, 11) is 2.97. The number of hydrogen-bond acceptors (Lipinski definition) is 6. The van der Waals surface area contributed by atoms with Crippen molar-refractivity contribution in [1.29, 1.82) is 0 Å². The SMILES string of the molecule is CCNC(=O)CN(C)c1cncc(C(=O)OC)n1. The van der Waals surface area contributed by atoms with Gasteiger partial charge in [0.25, 0.3) is 0 Å². The van der Waals surface area contributed by atoms with Crippen LogP contribution in [0.25, 0.3) is 0 Å². The highest BCUT2D eigenvalue weighted by Gasteiger charge is 2.12. The first-order chi connectivity index (χ1) is 8.58. The standard InChI is InChI=1S/C11H16N4O3/c1-4-13-10(16)7-15(2)9-6-12-5-8(14-9)11(17)18-3/h5-6H,4,7H2,1-3H3,(H,13,16). The van der Waals surface area contributed by atoms with Gasteiger partial charge in [-0.15, -0.1) is 0 Å². The number of likely N-dealkylation sites (N-methyl/N-ethyl adjacent to an activating group) is 2. The van der Waals surface area contributed by atoms with Crippen LogP contribution in [0.4, 0.5) is 5.82 Å². The molecule has 0 bridgehead atoms. The number of methoxy groups -OCH3 is 1. The number of amides is 1. The van der Waals surface area contributed by atoms with E-state index in [0.29, 0.717) is 12.4 Å². The minimum atomic E-state index is -0.559. The van der Waals surface area contributed by atoms with Crippen LogP contribution in [-0.4, -0.2) is 49.1 Å². The fourth-order valence-electron chi connectivity index (χ4n) is 1.29. The summed E-state index contributed by atoms with van der Waals surface area (Å²) in [5, 5.41) is 2.67. The topological polar surface area (TPSA) is 84.4 Å². The zero-order valence-corrected chi connectivity index (χ0v) is 10.6. The fourth-order valence-corrected chi connectivity index (χ4v) is 1.29. The molecule has 0 unspecified atom stereocenters. The highest BCUT2D eigenvalue weighted by atomic mass is 16.5. The molecule has 0 aliphatic rings. The maximum Gasteiger partial charge on any atom is 0.358 e. The molecule has 0 fully saturated rings. The van der Waals surface area contributed by atoms with Gasteiger partial charge in [-0.25, -0.2) is 9.78 Å². The molecule has 1 heterocycles. The Hall–Kier alpha value is -2.18. The van der Waals surface area contributed by atoms with Gasteiger partial charge >= 0.3 is 5.97 Å². The molecular weight excluding hydrogens is 236 g/mol. The first-order valence-corrected chi connectivity index (χ1v) is 5.46. The average Bonchev–Trinajstić information content (AvgIpc) is 2.38. The van der Waals surface area contributed by atoms with Crippen LogP contribution in [0, 0.1) is 0 Å². The highest BCUT2D eigenvalue weighted by molar-refractivity contribution is 5.87. The predicted octanol–water partition coefficient (Wildman–Crippen LogP) is -0.164. The van der Waals surface area contributed by atoms with E-state index in [1.54, 1.807) is 11.9 Å². The number of anilines is 1. The van der Waals surface area contributed by atoms with Gasteiger partial charge in [0.05, 0.1) is 26.0 Å². The van der Waals surface area contributed by atoms with Gasteiger partial charge in [-0.05, 0) is 6.92 Å². The maximum atomic E-state index is 11.4. The van der Waals surface area contributed by atoms with Crippen molar-refractivity contribution < 1.29 is 14.3 Å². The molecule has 1 aromatic rings. The van der Waals surface area contributed by atoms with E-state index < -0.39 is 5.97 Å². The molecule has 0 radical (unpaired) electrons. The van der Waals surface area contributed by atoms with Crippen LogP contribution in [0.15, 0.2) is 12.4 Å².